The van der Waals surface area contributed by atoms with Crippen LogP contribution in [-0.4, -0.2) is 76.8 Å². The topological polar surface area (TPSA) is 47.1 Å². The van der Waals surface area contributed by atoms with Crippen molar-refractivity contribution in [3.63, 3.8) is 0 Å². The fourth-order valence-electron chi connectivity index (χ4n) is 4.37. The van der Waals surface area contributed by atoms with Crippen molar-refractivity contribution in [2.24, 2.45) is 0 Å². The molecule has 0 atom stereocenters. The van der Waals surface area contributed by atoms with Crippen molar-refractivity contribution >= 4 is 35.8 Å². The predicted molar refractivity (Wildman–Crippen MR) is 189 cm³/mol. The van der Waals surface area contributed by atoms with E-state index < -0.39 is 0 Å². The molecule has 0 amide bonds. The van der Waals surface area contributed by atoms with Gasteiger partial charge in [0.1, 0.15) is 0 Å². The summed E-state index contributed by atoms with van der Waals surface area (Å²) < 4.78 is 1.00. The van der Waals surface area contributed by atoms with Crippen molar-refractivity contribution in [2.75, 3.05) is 76.8 Å². The first-order chi connectivity index (χ1) is 19.3. The van der Waals surface area contributed by atoms with Crippen LogP contribution in [0.25, 0.3) is 0 Å². The van der Waals surface area contributed by atoms with Gasteiger partial charge in [0.15, 0.2) is 0 Å². The van der Waals surface area contributed by atoms with E-state index in [0.717, 1.165) is 82.0 Å². The fourth-order valence-corrected chi connectivity index (χ4v) is 5.09. The average Bonchev–Trinajstić information content (AvgIpc) is 2.97. The van der Waals surface area contributed by atoms with E-state index in [-0.39, 0.29) is 16.3 Å². The maximum Gasteiger partial charge on any atom is 0.220 e. The van der Waals surface area contributed by atoms with Gasteiger partial charge in [0.05, 0.1) is 20.4 Å². The molecule has 6 nitrogen and oxygen atoms in total. The first kappa shape index (κ1) is 41.7. The van der Waals surface area contributed by atoms with Crippen molar-refractivity contribution in [1.29, 1.82) is 0 Å². The molecule has 0 aliphatic rings. The molecule has 0 spiro atoms. The Hall–Kier alpha value is -1.48. The van der Waals surface area contributed by atoms with Gasteiger partial charge in [-0.05, 0) is 76.9 Å². The highest BCUT2D eigenvalue weighted by Crippen LogP contribution is 2.32. The Balaban J connectivity index is 0. The molecule has 2 rings (SSSR count). The summed E-state index contributed by atoms with van der Waals surface area (Å²) in [6.07, 6.45) is 4.55. The van der Waals surface area contributed by atoms with Crippen LogP contribution in [0.3, 0.4) is 0 Å². The van der Waals surface area contributed by atoms with Crippen LogP contribution in [0.1, 0.15) is 100 Å². The van der Waals surface area contributed by atoms with Crippen LogP contribution in [0.2, 0.25) is 0 Å². The zero-order valence-corrected chi connectivity index (χ0v) is 30.4. The summed E-state index contributed by atoms with van der Waals surface area (Å²) in [5.41, 5.74) is 2.72. The van der Waals surface area contributed by atoms with Crippen molar-refractivity contribution in [3.8, 4) is 0 Å². The monoisotopic (exact) mass is 610 g/mol. The van der Waals surface area contributed by atoms with E-state index in [4.69, 9.17) is 24.4 Å². The van der Waals surface area contributed by atoms with Crippen LogP contribution in [0.5, 0.6) is 0 Å². The summed E-state index contributed by atoms with van der Waals surface area (Å²) in [5, 5.41) is 0. The van der Waals surface area contributed by atoms with E-state index in [1.54, 1.807) is 6.07 Å². The molecule has 0 radical (unpaired) electrons. The molecule has 0 heterocycles. The smallest absolute Gasteiger partial charge is 0.220 e. The number of nitrogens with zero attached hydrogens (tertiary/aromatic N) is 4. The number of hydrogen-bond donors (Lipinski definition) is 0. The lowest BCUT2D eigenvalue weighted by molar-refractivity contribution is 0.297. The van der Waals surface area contributed by atoms with Gasteiger partial charge in [-0.1, -0.05) is 93.7 Å². The lowest BCUT2D eigenvalue weighted by atomic mass is 9.82. The third kappa shape index (κ3) is 14.0. The Labute approximate surface area is 263 Å². The minimum absolute atomic E-state index is 0.0336. The molecule has 0 saturated heterocycles. The van der Waals surface area contributed by atoms with E-state index in [9.17, 15) is 9.59 Å². The van der Waals surface area contributed by atoms with Crippen LogP contribution in [-0.2, 0) is 5.41 Å². The van der Waals surface area contributed by atoms with Gasteiger partial charge in [-0.15, -0.1) is 0 Å². The second kappa shape index (κ2) is 22.1. The molecule has 0 aromatic heterocycles. The minimum atomic E-state index is -0.0446. The van der Waals surface area contributed by atoms with Crippen LogP contribution >= 0.6 is 24.4 Å². The second-order valence-electron chi connectivity index (χ2n) is 11.0. The second-order valence-corrected chi connectivity index (χ2v) is 11.9. The zero-order chi connectivity index (χ0) is 32.3. The van der Waals surface area contributed by atoms with Crippen LogP contribution in [0.15, 0.2) is 15.7 Å². The number of rotatable bonds is 15. The van der Waals surface area contributed by atoms with E-state index in [1.165, 1.54) is 6.42 Å². The molecule has 0 N–H and O–H groups in total. The predicted octanol–water partition coefficient (Wildman–Crippen LogP) is 7.38. The maximum atomic E-state index is 12.0. The molecule has 0 fully saturated rings. The highest BCUT2D eigenvalue weighted by atomic mass is 32.1. The zero-order valence-electron chi connectivity index (χ0n) is 28.8. The van der Waals surface area contributed by atoms with Crippen LogP contribution in [0, 0.1) is 9.02 Å². The fraction of sp³-hybridized carbons (Fsp3) is 0.758. The Kier molecular flexibility index (Phi) is 22.5. The minimum Gasteiger partial charge on any atom is -0.371 e. The lowest BCUT2D eigenvalue weighted by Crippen LogP contribution is -2.35. The van der Waals surface area contributed by atoms with Gasteiger partial charge in [0, 0.05) is 32.7 Å². The van der Waals surface area contributed by atoms with Gasteiger partial charge >= 0.3 is 0 Å². The number of hydrogen-bond acceptors (Lipinski definition) is 8. The van der Waals surface area contributed by atoms with Crippen LogP contribution in [0.4, 0.5) is 11.4 Å². The highest BCUT2D eigenvalue weighted by Gasteiger charge is 2.29. The molecule has 8 heteroatoms. The molecular weight excluding hydrogens is 549 g/mol. The Morgan fingerprint density at radius 3 is 1.56 bits per heavy atom. The van der Waals surface area contributed by atoms with Crippen molar-refractivity contribution in [1.82, 2.24) is 9.80 Å². The summed E-state index contributed by atoms with van der Waals surface area (Å²) >= 11 is 10.1. The normalized spacial score (nSPS) is 11.0. The van der Waals surface area contributed by atoms with Crippen molar-refractivity contribution < 1.29 is 0 Å². The van der Waals surface area contributed by atoms with Gasteiger partial charge in [-0.3, -0.25) is 9.59 Å². The SMILES string of the molecule is CC.CC.CCN(C)CCCCN(C)c1c(C(C)(C)C)c(=S)c1=O.CCN(CC)CCCCN(C)c1cc(=S)c1=O. The summed E-state index contributed by atoms with van der Waals surface area (Å²) in [7, 11) is 6.10. The average molecular weight is 611 g/mol. The van der Waals surface area contributed by atoms with E-state index >= 15 is 0 Å². The third-order valence-corrected chi connectivity index (χ3v) is 7.78. The molecule has 0 bridgehead atoms. The molecule has 41 heavy (non-hydrogen) atoms. The van der Waals surface area contributed by atoms with E-state index in [2.05, 4.69) is 63.3 Å². The van der Waals surface area contributed by atoms with Gasteiger partial charge in [0.25, 0.3) is 0 Å². The Morgan fingerprint density at radius 2 is 1.15 bits per heavy atom. The Bertz CT molecular complexity index is 1090. The third-order valence-electron chi connectivity index (χ3n) is 7.09. The summed E-state index contributed by atoms with van der Waals surface area (Å²) in [6.45, 7) is 28.3. The molecule has 0 aliphatic heterocycles. The van der Waals surface area contributed by atoms with Gasteiger partial charge < -0.3 is 19.6 Å². The lowest BCUT2D eigenvalue weighted by Gasteiger charge is -2.30. The first-order valence-electron chi connectivity index (χ1n) is 15.8. The quantitative estimate of drug-likeness (QED) is 0.153. The van der Waals surface area contributed by atoms with Crippen LogP contribution < -0.4 is 20.7 Å². The molecule has 0 saturated carbocycles. The maximum absolute atomic E-state index is 12.0. The van der Waals surface area contributed by atoms with E-state index in [0.29, 0.717) is 9.02 Å². The molecule has 0 unspecified atom stereocenters. The largest absolute Gasteiger partial charge is 0.371 e. The molecule has 2 aromatic rings. The van der Waals surface area contributed by atoms with Crippen molar-refractivity contribution in [2.45, 2.75) is 100 Å². The summed E-state index contributed by atoms with van der Waals surface area (Å²) in [4.78, 5) is 32.2. The Morgan fingerprint density at radius 1 is 0.683 bits per heavy atom. The first-order valence-corrected chi connectivity index (χ1v) is 16.6. The van der Waals surface area contributed by atoms with Crippen molar-refractivity contribution in [3.05, 3.63) is 41.1 Å². The highest BCUT2D eigenvalue weighted by molar-refractivity contribution is 7.71. The molecular formula is C33H62N4O2S2. The summed E-state index contributed by atoms with van der Waals surface area (Å²) in [5.74, 6) is 0. The van der Waals surface area contributed by atoms with E-state index in [1.807, 2.05) is 46.7 Å². The number of anilines is 2. The summed E-state index contributed by atoms with van der Waals surface area (Å²) in [6, 6.07) is 1.79. The van der Waals surface area contributed by atoms with Gasteiger partial charge in [-0.25, -0.2) is 0 Å². The van der Waals surface area contributed by atoms with Gasteiger partial charge in [-0.2, -0.15) is 0 Å². The molecule has 238 valence electrons. The molecule has 2 aromatic carbocycles. The standard InChI is InChI=1S/C16H28N2OS.C13H22N2OS.2C2H6/c1-7-17(5)10-8-9-11-18(6)13-12(16(2,3)4)15(20)14(13)19;1-4-15(5-2)9-7-6-8-14(3)11-10-12(17)13(11)16;2*1-2/h7-11H2,1-6H3;10H,4-9H2,1-3H3;2*1-2H3. The van der Waals surface area contributed by atoms with Gasteiger partial charge in [0.2, 0.25) is 10.9 Å². The molecule has 0 aliphatic carbocycles. The number of unbranched alkanes of at least 4 members (excludes halogenated alkanes) is 2.